The summed E-state index contributed by atoms with van der Waals surface area (Å²) in [7, 11) is 0. The zero-order valence-corrected chi connectivity index (χ0v) is 19.8. The van der Waals surface area contributed by atoms with Gasteiger partial charge in [-0.2, -0.15) is 4.98 Å². The van der Waals surface area contributed by atoms with Gasteiger partial charge in [0.25, 0.3) is 5.56 Å². The van der Waals surface area contributed by atoms with Crippen molar-refractivity contribution in [2.45, 2.75) is 17.5 Å². The Kier molecular flexibility index (Phi) is 5.63. The summed E-state index contributed by atoms with van der Waals surface area (Å²) < 4.78 is 18.0. The fourth-order valence-corrected chi connectivity index (χ4v) is 4.74. The highest BCUT2D eigenvalue weighted by molar-refractivity contribution is 7.98. The SMILES string of the molecule is O=c1c2ccccc2nc(SCc2nc(-c3ccc(Cl)cc3)no2)n1Cc1ccc2c(c1)OCO2. The maximum absolute atomic E-state index is 13.4. The summed E-state index contributed by atoms with van der Waals surface area (Å²) in [6.07, 6.45) is 0. The summed E-state index contributed by atoms with van der Waals surface area (Å²) >= 11 is 7.32. The van der Waals surface area contributed by atoms with Gasteiger partial charge in [0.2, 0.25) is 18.5 Å². The molecule has 2 aromatic heterocycles. The van der Waals surface area contributed by atoms with Gasteiger partial charge < -0.3 is 14.0 Å². The number of benzene rings is 3. The second kappa shape index (κ2) is 9.09. The van der Waals surface area contributed by atoms with Crippen molar-refractivity contribution in [3.8, 4) is 22.9 Å². The third-order valence-electron chi connectivity index (χ3n) is 5.50. The first-order chi connectivity index (χ1) is 17.1. The highest BCUT2D eigenvalue weighted by atomic mass is 35.5. The average molecular weight is 505 g/mol. The molecule has 0 bridgehead atoms. The fourth-order valence-electron chi connectivity index (χ4n) is 3.78. The summed E-state index contributed by atoms with van der Waals surface area (Å²) in [5.74, 6) is 2.62. The van der Waals surface area contributed by atoms with E-state index in [1.807, 2.05) is 48.5 Å². The lowest BCUT2D eigenvalue weighted by Crippen LogP contribution is -2.24. The van der Waals surface area contributed by atoms with Gasteiger partial charge in [0.15, 0.2) is 16.7 Å². The summed E-state index contributed by atoms with van der Waals surface area (Å²) in [5, 5.41) is 5.81. The molecule has 8 nitrogen and oxygen atoms in total. The lowest BCUT2D eigenvalue weighted by Gasteiger charge is -2.13. The number of thioether (sulfide) groups is 1. The van der Waals surface area contributed by atoms with Gasteiger partial charge in [-0.3, -0.25) is 9.36 Å². The molecule has 3 heterocycles. The van der Waals surface area contributed by atoms with E-state index in [-0.39, 0.29) is 12.4 Å². The van der Waals surface area contributed by atoms with Crippen molar-refractivity contribution in [3.63, 3.8) is 0 Å². The molecule has 0 aliphatic carbocycles. The van der Waals surface area contributed by atoms with E-state index in [0.29, 0.717) is 56.6 Å². The molecular weight excluding hydrogens is 488 g/mol. The molecule has 35 heavy (non-hydrogen) atoms. The summed E-state index contributed by atoms with van der Waals surface area (Å²) in [5.41, 5.74) is 2.22. The zero-order valence-electron chi connectivity index (χ0n) is 18.2. The first-order valence-electron chi connectivity index (χ1n) is 10.7. The minimum absolute atomic E-state index is 0.122. The minimum Gasteiger partial charge on any atom is -0.454 e. The van der Waals surface area contributed by atoms with Crippen molar-refractivity contribution >= 4 is 34.3 Å². The van der Waals surface area contributed by atoms with Crippen LogP contribution in [0, 0.1) is 0 Å². The van der Waals surface area contributed by atoms with E-state index in [1.165, 1.54) is 11.8 Å². The van der Waals surface area contributed by atoms with E-state index in [9.17, 15) is 4.79 Å². The Morgan fingerprint density at radius 2 is 1.80 bits per heavy atom. The highest BCUT2D eigenvalue weighted by Gasteiger charge is 2.17. The highest BCUT2D eigenvalue weighted by Crippen LogP contribution is 2.33. The molecule has 0 fully saturated rings. The Morgan fingerprint density at radius 1 is 0.971 bits per heavy atom. The Bertz CT molecular complexity index is 1600. The number of para-hydroxylation sites is 1. The second-order valence-electron chi connectivity index (χ2n) is 7.80. The largest absolute Gasteiger partial charge is 0.454 e. The number of fused-ring (bicyclic) bond motifs is 2. The quantitative estimate of drug-likeness (QED) is 0.231. The Morgan fingerprint density at radius 3 is 2.69 bits per heavy atom. The van der Waals surface area contributed by atoms with Crippen LogP contribution in [-0.4, -0.2) is 26.5 Å². The summed E-state index contributed by atoms with van der Waals surface area (Å²) in [4.78, 5) is 22.6. The number of aromatic nitrogens is 4. The predicted octanol–water partition coefficient (Wildman–Crippen LogP) is 5.17. The number of halogens is 1. The smallest absolute Gasteiger partial charge is 0.262 e. The number of ether oxygens (including phenoxy) is 2. The van der Waals surface area contributed by atoms with E-state index in [1.54, 1.807) is 22.8 Å². The Labute approximate surface area is 208 Å². The van der Waals surface area contributed by atoms with Gasteiger partial charge in [-0.1, -0.05) is 46.7 Å². The van der Waals surface area contributed by atoms with Crippen LogP contribution in [0.2, 0.25) is 5.02 Å². The first-order valence-corrected chi connectivity index (χ1v) is 12.1. The van der Waals surface area contributed by atoms with E-state index >= 15 is 0 Å². The van der Waals surface area contributed by atoms with Crippen LogP contribution in [0.4, 0.5) is 0 Å². The molecule has 0 saturated carbocycles. The third-order valence-corrected chi connectivity index (χ3v) is 6.71. The van der Waals surface area contributed by atoms with Crippen LogP contribution in [0.15, 0.2) is 81.2 Å². The molecule has 10 heteroatoms. The Balaban J connectivity index is 1.31. The number of nitrogens with zero attached hydrogens (tertiary/aromatic N) is 4. The van der Waals surface area contributed by atoms with Crippen LogP contribution in [0.5, 0.6) is 11.5 Å². The maximum Gasteiger partial charge on any atom is 0.262 e. The van der Waals surface area contributed by atoms with Crippen LogP contribution in [-0.2, 0) is 12.3 Å². The number of hydrogen-bond acceptors (Lipinski definition) is 8. The van der Waals surface area contributed by atoms with Gasteiger partial charge in [0.05, 0.1) is 23.2 Å². The molecule has 0 amide bonds. The average Bonchev–Trinajstić information content (AvgIpc) is 3.55. The molecule has 174 valence electrons. The molecule has 1 aliphatic rings. The molecule has 5 aromatic rings. The van der Waals surface area contributed by atoms with Gasteiger partial charge in [0, 0.05) is 10.6 Å². The van der Waals surface area contributed by atoms with E-state index in [0.717, 1.165) is 11.1 Å². The normalized spacial score (nSPS) is 12.4. The van der Waals surface area contributed by atoms with Crippen molar-refractivity contribution in [1.29, 1.82) is 0 Å². The van der Waals surface area contributed by atoms with Gasteiger partial charge in [-0.05, 0) is 54.1 Å². The predicted molar refractivity (Wildman–Crippen MR) is 132 cm³/mol. The molecular formula is C25H17ClN4O4S. The topological polar surface area (TPSA) is 92.3 Å². The lowest BCUT2D eigenvalue weighted by atomic mass is 10.2. The van der Waals surface area contributed by atoms with Gasteiger partial charge in [-0.15, -0.1) is 0 Å². The van der Waals surface area contributed by atoms with E-state index < -0.39 is 0 Å². The van der Waals surface area contributed by atoms with E-state index in [2.05, 4.69) is 10.1 Å². The molecule has 0 radical (unpaired) electrons. The molecule has 0 saturated heterocycles. The molecule has 3 aromatic carbocycles. The summed E-state index contributed by atoms with van der Waals surface area (Å²) in [6, 6.07) is 20.2. The van der Waals surface area contributed by atoms with Crippen molar-refractivity contribution in [2.24, 2.45) is 0 Å². The Hall–Kier alpha value is -3.82. The monoisotopic (exact) mass is 504 g/mol. The molecule has 6 rings (SSSR count). The van der Waals surface area contributed by atoms with Gasteiger partial charge in [-0.25, -0.2) is 4.98 Å². The van der Waals surface area contributed by atoms with Crippen molar-refractivity contribution < 1.29 is 14.0 Å². The second-order valence-corrected chi connectivity index (χ2v) is 9.18. The molecule has 1 aliphatic heterocycles. The number of hydrogen-bond donors (Lipinski definition) is 0. The van der Waals surface area contributed by atoms with Gasteiger partial charge >= 0.3 is 0 Å². The third kappa shape index (κ3) is 4.36. The standard InChI is InChI=1S/C25H17ClN4O4S/c26-17-8-6-16(7-9-17)23-28-22(34-29-23)13-35-25-27-19-4-2-1-3-18(19)24(31)30(25)12-15-5-10-20-21(11-15)33-14-32-20/h1-11H,12-14H2. The van der Waals surface area contributed by atoms with Crippen molar-refractivity contribution in [3.05, 3.63) is 93.6 Å². The molecule has 0 unspecified atom stereocenters. The molecule has 0 atom stereocenters. The minimum atomic E-state index is -0.122. The zero-order chi connectivity index (χ0) is 23.8. The van der Waals surface area contributed by atoms with Crippen molar-refractivity contribution in [1.82, 2.24) is 19.7 Å². The molecule has 0 N–H and O–H groups in total. The van der Waals surface area contributed by atoms with Crippen LogP contribution >= 0.6 is 23.4 Å². The maximum atomic E-state index is 13.4. The fraction of sp³-hybridized carbons (Fsp3) is 0.120. The van der Waals surface area contributed by atoms with Crippen LogP contribution in [0.25, 0.3) is 22.3 Å². The molecule has 0 spiro atoms. The van der Waals surface area contributed by atoms with E-state index in [4.69, 9.17) is 30.6 Å². The summed E-state index contributed by atoms with van der Waals surface area (Å²) in [6.45, 7) is 0.523. The van der Waals surface area contributed by atoms with Crippen LogP contribution in [0.3, 0.4) is 0 Å². The first kappa shape index (κ1) is 21.7. The van der Waals surface area contributed by atoms with Gasteiger partial charge in [0.1, 0.15) is 0 Å². The van der Waals surface area contributed by atoms with Crippen molar-refractivity contribution in [2.75, 3.05) is 6.79 Å². The number of rotatable bonds is 6. The van der Waals surface area contributed by atoms with Crippen LogP contribution in [0.1, 0.15) is 11.5 Å². The van der Waals surface area contributed by atoms with Crippen LogP contribution < -0.4 is 15.0 Å². The lowest BCUT2D eigenvalue weighted by molar-refractivity contribution is 0.174.